The highest BCUT2D eigenvalue weighted by atomic mass is 35.5. The molecule has 7 heteroatoms. The van der Waals surface area contributed by atoms with Crippen molar-refractivity contribution in [3.8, 4) is 10.9 Å². The molecule has 0 aliphatic heterocycles. The lowest BCUT2D eigenvalue weighted by Crippen LogP contribution is -1.83. The van der Waals surface area contributed by atoms with E-state index in [1.807, 2.05) is 0 Å². The smallest absolute Gasteiger partial charge is 0.280 e. The van der Waals surface area contributed by atoms with Crippen LogP contribution in [0.4, 0.5) is 0 Å². The fourth-order valence-corrected chi connectivity index (χ4v) is 2.43. The van der Waals surface area contributed by atoms with E-state index in [-0.39, 0.29) is 10.3 Å². The molecule has 2 aromatic rings. The number of ether oxygens (including phenoxy) is 1. The predicted octanol–water partition coefficient (Wildman–Crippen LogP) is 4.71. The highest BCUT2D eigenvalue weighted by Crippen LogP contribution is 2.35. The Bertz CT molecular complexity index is 571. The Morgan fingerprint density at radius 2 is 2.06 bits per heavy atom. The van der Waals surface area contributed by atoms with Gasteiger partial charge in [-0.25, -0.2) is 0 Å². The van der Waals surface area contributed by atoms with E-state index < -0.39 is 0 Å². The second-order valence-electron chi connectivity index (χ2n) is 2.93. The maximum absolute atomic E-state index is 10.6. The summed E-state index contributed by atoms with van der Waals surface area (Å²) in [6.45, 7) is 0. The van der Waals surface area contributed by atoms with E-state index in [1.165, 1.54) is 0 Å². The van der Waals surface area contributed by atoms with E-state index in [2.05, 4.69) is 4.98 Å². The monoisotopic (exact) mass is 307 g/mol. The molecule has 0 N–H and O–H groups in total. The first-order valence-corrected chi connectivity index (χ1v) is 6.29. The summed E-state index contributed by atoms with van der Waals surface area (Å²) < 4.78 is 5.40. The first-order valence-electron chi connectivity index (χ1n) is 4.34. The van der Waals surface area contributed by atoms with Gasteiger partial charge in [0.05, 0.1) is 5.02 Å². The van der Waals surface area contributed by atoms with Crippen molar-refractivity contribution in [3.63, 3.8) is 0 Å². The quantitative estimate of drug-likeness (QED) is 0.771. The summed E-state index contributed by atoms with van der Waals surface area (Å²) in [7, 11) is 0. The molecule has 88 valence electrons. The average Bonchev–Trinajstić information content (AvgIpc) is 2.63. The summed E-state index contributed by atoms with van der Waals surface area (Å²) in [5, 5.41) is 1.23. The fraction of sp³-hybridized carbons (Fsp3) is 0. The zero-order valence-corrected chi connectivity index (χ0v) is 11.2. The van der Waals surface area contributed by atoms with Crippen LogP contribution >= 0.6 is 46.1 Å². The summed E-state index contributed by atoms with van der Waals surface area (Å²) in [4.78, 5) is 14.8. The second kappa shape index (κ2) is 5.23. The number of aldehydes is 1. The maximum atomic E-state index is 10.6. The number of nitrogens with zero attached hydrogens (tertiary/aromatic N) is 1. The summed E-state index contributed by atoms with van der Waals surface area (Å²) in [6, 6.07) is 4.80. The normalized spacial score (nSPS) is 10.3. The van der Waals surface area contributed by atoms with Gasteiger partial charge in [0, 0.05) is 5.02 Å². The number of benzene rings is 1. The Kier molecular flexibility index (Phi) is 3.89. The molecular formula is C10H4Cl3NO2S. The van der Waals surface area contributed by atoms with Gasteiger partial charge in [0.15, 0.2) is 11.4 Å². The Balaban J connectivity index is 2.28. The van der Waals surface area contributed by atoms with Crippen LogP contribution in [0.1, 0.15) is 9.67 Å². The average molecular weight is 309 g/mol. The molecule has 0 aliphatic carbocycles. The number of rotatable bonds is 3. The van der Waals surface area contributed by atoms with Gasteiger partial charge in [0.1, 0.15) is 10.6 Å². The molecule has 0 amide bonds. The molecule has 1 heterocycles. The minimum atomic E-state index is 0.116. The molecule has 0 radical (unpaired) electrons. The molecule has 1 aromatic heterocycles. The van der Waals surface area contributed by atoms with Crippen LogP contribution in [0.2, 0.25) is 15.2 Å². The van der Waals surface area contributed by atoms with E-state index in [1.54, 1.807) is 18.2 Å². The lowest BCUT2D eigenvalue weighted by atomic mass is 10.3. The van der Waals surface area contributed by atoms with Crippen molar-refractivity contribution in [3.05, 3.63) is 38.3 Å². The fourth-order valence-electron chi connectivity index (χ4n) is 1.06. The maximum Gasteiger partial charge on any atom is 0.280 e. The Hall–Kier alpha value is -0.810. The first-order chi connectivity index (χ1) is 8.10. The topological polar surface area (TPSA) is 39.2 Å². The van der Waals surface area contributed by atoms with Gasteiger partial charge in [0.2, 0.25) is 0 Å². The Morgan fingerprint density at radius 1 is 1.29 bits per heavy atom. The molecule has 2 rings (SSSR count). The van der Waals surface area contributed by atoms with Crippen molar-refractivity contribution >= 4 is 52.4 Å². The van der Waals surface area contributed by atoms with Crippen LogP contribution in [0.3, 0.4) is 0 Å². The molecule has 0 bridgehead atoms. The number of halogens is 3. The Morgan fingerprint density at radius 3 is 2.65 bits per heavy atom. The standard InChI is InChI=1S/C10H4Cl3NO2S/c11-5-1-2-7(6(12)3-5)16-10-14-9(13)8(4-15)17-10/h1-4H. The molecule has 0 atom stereocenters. The summed E-state index contributed by atoms with van der Waals surface area (Å²) in [6.07, 6.45) is 0.621. The number of carbonyl (C=O) groups excluding carboxylic acids is 1. The van der Waals surface area contributed by atoms with Crippen molar-refractivity contribution in [1.29, 1.82) is 0 Å². The van der Waals surface area contributed by atoms with Crippen molar-refractivity contribution in [2.45, 2.75) is 0 Å². The highest BCUT2D eigenvalue weighted by molar-refractivity contribution is 7.15. The molecule has 0 aliphatic rings. The second-order valence-corrected chi connectivity index (χ2v) is 5.12. The van der Waals surface area contributed by atoms with E-state index in [0.717, 1.165) is 11.3 Å². The van der Waals surface area contributed by atoms with Gasteiger partial charge in [-0.1, -0.05) is 46.1 Å². The summed E-state index contributed by atoms with van der Waals surface area (Å²) in [5.41, 5.74) is 0. The number of hydrogen-bond acceptors (Lipinski definition) is 4. The third kappa shape index (κ3) is 2.90. The van der Waals surface area contributed by atoms with E-state index in [4.69, 9.17) is 39.5 Å². The van der Waals surface area contributed by atoms with Crippen molar-refractivity contribution in [1.82, 2.24) is 4.98 Å². The van der Waals surface area contributed by atoms with Crippen LogP contribution in [-0.4, -0.2) is 11.3 Å². The Labute approximate surface area is 116 Å². The van der Waals surface area contributed by atoms with Crippen LogP contribution in [0.5, 0.6) is 10.9 Å². The van der Waals surface area contributed by atoms with Crippen molar-refractivity contribution < 1.29 is 9.53 Å². The van der Waals surface area contributed by atoms with Crippen molar-refractivity contribution in [2.75, 3.05) is 0 Å². The summed E-state index contributed by atoms with van der Waals surface area (Å²) in [5.74, 6) is 0.402. The van der Waals surface area contributed by atoms with E-state index in [0.29, 0.717) is 27.0 Å². The SMILES string of the molecule is O=Cc1sc(Oc2ccc(Cl)cc2Cl)nc1Cl. The summed E-state index contributed by atoms with van der Waals surface area (Å²) >= 11 is 18.4. The minimum Gasteiger partial charge on any atom is -0.429 e. The molecule has 3 nitrogen and oxygen atoms in total. The zero-order valence-electron chi connectivity index (χ0n) is 8.12. The first kappa shape index (κ1) is 12.6. The molecular weight excluding hydrogens is 305 g/mol. The number of thiazole rings is 1. The molecule has 0 fully saturated rings. The van der Waals surface area contributed by atoms with Crippen LogP contribution in [-0.2, 0) is 0 Å². The van der Waals surface area contributed by atoms with Crippen LogP contribution in [0.25, 0.3) is 0 Å². The van der Waals surface area contributed by atoms with Gasteiger partial charge in [-0.15, -0.1) is 0 Å². The molecule has 0 saturated carbocycles. The van der Waals surface area contributed by atoms with Gasteiger partial charge in [-0.2, -0.15) is 4.98 Å². The zero-order chi connectivity index (χ0) is 12.4. The molecule has 0 saturated heterocycles. The number of aromatic nitrogens is 1. The van der Waals surface area contributed by atoms with Gasteiger partial charge in [-0.05, 0) is 18.2 Å². The van der Waals surface area contributed by atoms with Gasteiger partial charge < -0.3 is 4.74 Å². The van der Waals surface area contributed by atoms with Crippen LogP contribution in [0.15, 0.2) is 18.2 Å². The third-order valence-corrected chi connectivity index (χ3v) is 3.58. The largest absolute Gasteiger partial charge is 0.429 e. The lowest BCUT2D eigenvalue weighted by Gasteiger charge is -2.03. The van der Waals surface area contributed by atoms with Crippen molar-refractivity contribution in [2.24, 2.45) is 0 Å². The number of hydrogen-bond donors (Lipinski definition) is 0. The molecule has 17 heavy (non-hydrogen) atoms. The minimum absolute atomic E-state index is 0.116. The number of carbonyl (C=O) groups is 1. The third-order valence-electron chi connectivity index (χ3n) is 1.79. The van der Waals surface area contributed by atoms with Crippen LogP contribution < -0.4 is 4.74 Å². The highest BCUT2D eigenvalue weighted by Gasteiger charge is 2.11. The van der Waals surface area contributed by atoms with Gasteiger partial charge in [0.25, 0.3) is 5.19 Å². The predicted molar refractivity (Wildman–Crippen MR) is 69.0 cm³/mol. The van der Waals surface area contributed by atoms with Crippen LogP contribution in [0, 0.1) is 0 Å². The molecule has 0 unspecified atom stereocenters. The van der Waals surface area contributed by atoms with Gasteiger partial charge in [-0.3, -0.25) is 4.79 Å². The molecule has 0 spiro atoms. The lowest BCUT2D eigenvalue weighted by molar-refractivity contribution is 0.112. The van der Waals surface area contributed by atoms with Gasteiger partial charge >= 0.3 is 0 Å². The van der Waals surface area contributed by atoms with E-state index in [9.17, 15) is 4.79 Å². The molecule has 1 aromatic carbocycles. The van der Waals surface area contributed by atoms with E-state index >= 15 is 0 Å².